The van der Waals surface area contributed by atoms with E-state index in [9.17, 15) is 5.11 Å². The number of rotatable bonds is 2. The molecule has 1 atom stereocenters. The van der Waals surface area contributed by atoms with Crippen LogP contribution in [0.3, 0.4) is 0 Å². The molecule has 1 nitrogen and oxygen atoms in total. The van der Waals surface area contributed by atoms with Crippen LogP contribution in [0.15, 0.2) is 27.4 Å². The topological polar surface area (TPSA) is 20.2 Å². The largest absolute Gasteiger partial charge is 0.383 e. The van der Waals surface area contributed by atoms with Crippen LogP contribution in [0.2, 0.25) is 4.34 Å². The number of halogens is 2. The maximum atomic E-state index is 10.0. The normalized spacial score (nSPS) is 13.1. The summed E-state index contributed by atoms with van der Waals surface area (Å²) in [6.45, 7) is 0. The minimum Gasteiger partial charge on any atom is -0.383 e. The van der Waals surface area contributed by atoms with E-state index in [1.807, 2.05) is 16.8 Å². The van der Waals surface area contributed by atoms with Crippen LogP contribution in [-0.4, -0.2) is 5.11 Å². The molecule has 2 heterocycles. The fourth-order valence-corrected chi connectivity index (χ4v) is 3.71. The number of aliphatic hydroxyl groups is 1. The highest BCUT2D eigenvalue weighted by molar-refractivity contribution is 9.10. The third-order valence-electron chi connectivity index (χ3n) is 1.80. The van der Waals surface area contributed by atoms with E-state index >= 15 is 0 Å². The van der Waals surface area contributed by atoms with Gasteiger partial charge < -0.3 is 5.11 Å². The van der Waals surface area contributed by atoms with E-state index in [-0.39, 0.29) is 0 Å². The molecule has 14 heavy (non-hydrogen) atoms. The first-order valence-electron chi connectivity index (χ1n) is 3.83. The zero-order valence-corrected chi connectivity index (χ0v) is 10.9. The molecule has 0 saturated heterocycles. The van der Waals surface area contributed by atoms with Crippen molar-refractivity contribution in [3.8, 4) is 0 Å². The van der Waals surface area contributed by atoms with Gasteiger partial charge in [-0.05, 0) is 33.4 Å². The van der Waals surface area contributed by atoms with E-state index in [1.54, 1.807) is 17.4 Å². The van der Waals surface area contributed by atoms with E-state index in [1.165, 1.54) is 11.3 Å². The smallest absolute Gasteiger partial charge is 0.115 e. The summed E-state index contributed by atoms with van der Waals surface area (Å²) in [5, 5.41) is 13.9. The van der Waals surface area contributed by atoms with E-state index in [0.29, 0.717) is 4.34 Å². The van der Waals surface area contributed by atoms with Crippen molar-refractivity contribution in [3.05, 3.63) is 42.1 Å². The summed E-state index contributed by atoms with van der Waals surface area (Å²) >= 11 is 12.2. The second-order valence-electron chi connectivity index (χ2n) is 2.72. The van der Waals surface area contributed by atoms with Gasteiger partial charge in [-0.2, -0.15) is 11.3 Å². The van der Waals surface area contributed by atoms with Crippen molar-refractivity contribution in [3.63, 3.8) is 0 Å². The van der Waals surface area contributed by atoms with Crippen molar-refractivity contribution in [2.45, 2.75) is 6.10 Å². The predicted octanol–water partition coefficient (Wildman–Crippen LogP) is 4.31. The molecule has 0 amide bonds. The number of hydrogen-bond acceptors (Lipinski definition) is 3. The molecular weight excluding hydrogens is 304 g/mol. The fourth-order valence-electron chi connectivity index (χ4n) is 1.11. The molecule has 5 heteroatoms. The monoisotopic (exact) mass is 308 g/mol. The first-order valence-corrected chi connectivity index (χ1v) is 6.76. The van der Waals surface area contributed by atoms with Crippen molar-refractivity contribution in [2.75, 3.05) is 0 Å². The summed E-state index contributed by atoms with van der Waals surface area (Å²) in [6, 6.07) is 3.65. The Morgan fingerprint density at radius 3 is 2.64 bits per heavy atom. The molecule has 0 aliphatic rings. The van der Waals surface area contributed by atoms with Crippen LogP contribution in [0.1, 0.15) is 16.5 Å². The summed E-state index contributed by atoms with van der Waals surface area (Å²) in [5.74, 6) is 0. The average molecular weight is 310 g/mol. The first kappa shape index (κ1) is 10.6. The Balaban J connectivity index is 2.33. The SMILES string of the molecule is OC(c1ccc(Cl)s1)c1cscc1Br. The number of aliphatic hydroxyl groups excluding tert-OH is 1. The van der Waals surface area contributed by atoms with Crippen LogP contribution in [-0.2, 0) is 0 Å². The molecule has 0 aliphatic carbocycles. The second-order valence-corrected chi connectivity index (χ2v) is 6.06. The van der Waals surface area contributed by atoms with E-state index in [0.717, 1.165) is 14.9 Å². The third kappa shape index (κ3) is 2.04. The molecule has 0 spiro atoms. The summed E-state index contributed by atoms with van der Waals surface area (Å²) in [6.07, 6.45) is -0.576. The molecule has 0 aromatic carbocycles. The summed E-state index contributed by atoms with van der Waals surface area (Å²) < 4.78 is 1.64. The van der Waals surface area contributed by atoms with Crippen molar-refractivity contribution in [2.24, 2.45) is 0 Å². The van der Waals surface area contributed by atoms with Crippen LogP contribution in [0.25, 0.3) is 0 Å². The maximum absolute atomic E-state index is 10.0. The van der Waals surface area contributed by atoms with Gasteiger partial charge in [0.15, 0.2) is 0 Å². The van der Waals surface area contributed by atoms with Gasteiger partial charge in [0.05, 0.1) is 4.34 Å². The van der Waals surface area contributed by atoms with E-state index in [4.69, 9.17) is 11.6 Å². The standard InChI is InChI=1S/C9H6BrClOS2/c10-6-4-13-3-5(6)9(12)7-1-2-8(11)14-7/h1-4,9,12H. The van der Waals surface area contributed by atoms with Crippen molar-refractivity contribution >= 4 is 50.2 Å². The van der Waals surface area contributed by atoms with Gasteiger partial charge in [-0.1, -0.05) is 11.6 Å². The van der Waals surface area contributed by atoms with Crippen molar-refractivity contribution < 1.29 is 5.11 Å². The molecule has 0 radical (unpaired) electrons. The van der Waals surface area contributed by atoms with Crippen molar-refractivity contribution in [1.29, 1.82) is 0 Å². The molecule has 0 fully saturated rings. The van der Waals surface area contributed by atoms with Gasteiger partial charge in [0.2, 0.25) is 0 Å². The molecule has 1 unspecified atom stereocenters. The Kier molecular flexibility index (Phi) is 3.29. The van der Waals surface area contributed by atoms with E-state index < -0.39 is 6.10 Å². The maximum Gasteiger partial charge on any atom is 0.115 e. The lowest BCUT2D eigenvalue weighted by Crippen LogP contribution is -1.95. The van der Waals surface area contributed by atoms with Gasteiger partial charge in [-0.15, -0.1) is 11.3 Å². The van der Waals surface area contributed by atoms with Gasteiger partial charge >= 0.3 is 0 Å². The van der Waals surface area contributed by atoms with Crippen LogP contribution < -0.4 is 0 Å². The molecule has 0 bridgehead atoms. The van der Waals surface area contributed by atoms with Crippen LogP contribution in [0, 0.1) is 0 Å². The Morgan fingerprint density at radius 1 is 1.36 bits per heavy atom. The lowest BCUT2D eigenvalue weighted by atomic mass is 10.2. The molecule has 74 valence electrons. The highest BCUT2D eigenvalue weighted by Crippen LogP contribution is 2.35. The Labute approximate surface area is 103 Å². The van der Waals surface area contributed by atoms with Crippen LogP contribution in [0.4, 0.5) is 0 Å². The van der Waals surface area contributed by atoms with Gasteiger partial charge in [0, 0.05) is 20.3 Å². The highest BCUT2D eigenvalue weighted by Gasteiger charge is 2.15. The molecule has 1 N–H and O–H groups in total. The summed E-state index contributed by atoms with van der Waals surface area (Å²) in [5.41, 5.74) is 0.897. The third-order valence-corrected chi connectivity index (χ3v) is 4.84. The number of hydrogen-bond donors (Lipinski definition) is 1. The van der Waals surface area contributed by atoms with Gasteiger partial charge in [-0.25, -0.2) is 0 Å². The zero-order chi connectivity index (χ0) is 10.1. The molecule has 0 aliphatic heterocycles. The Morgan fingerprint density at radius 2 is 2.14 bits per heavy atom. The highest BCUT2D eigenvalue weighted by atomic mass is 79.9. The Bertz CT molecular complexity index is 437. The van der Waals surface area contributed by atoms with Crippen molar-refractivity contribution in [1.82, 2.24) is 0 Å². The fraction of sp³-hybridized carbons (Fsp3) is 0.111. The first-order chi connectivity index (χ1) is 6.68. The molecule has 2 rings (SSSR count). The Hall–Kier alpha value is 0.130. The summed E-state index contributed by atoms with van der Waals surface area (Å²) in [4.78, 5) is 0.870. The zero-order valence-electron chi connectivity index (χ0n) is 6.91. The van der Waals surface area contributed by atoms with Crippen LogP contribution in [0.5, 0.6) is 0 Å². The molecule has 2 aromatic heterocycles. The minimum atomic E-state index is -0.576. The average Bonchev–Trinajstić information content (AvgIpc) is 2.73. The molecule has 0 saturated carbocycles. The van der Waals surface area contributed by atoms with Crippen LogP contribution >= 0.6 is 50.2 Å². The second kappa shape index (κ2) is 4.33. The predicted molar refractivity (Wildman–Crippen MR) is 65.4 cm³/mol. The number of thiophene rings is 2. The molecule has 2 aromatic rings. The lowest BCUT2D eigenvalue weighted by molar-refractivity contribution is 0.224. The quantitative estimate of drug-likeness (QED) is 0.876. The minimum absolute atomic E-state index is 0.576. The lowest BCUT2D eigenvalue weighted by Gasteiger charge is -2.06. The van der Waals surface area contributed by atoms with E-state index in [2.05, 4.69) is 15.9 Å². The van der Waals surface area contributed by atoms with Gasteiger partial charge in [-0.3, -0.25) is 0 Å². The molecular formula is C9H6BrClOS2. The van der Waals surface area contributed by atoms with Gasteiger partial charge in [0.25, 0.3) is 0 Å². The summed E-state index contributed by atoms with van der Waals surface area (Å²) in [7, 11) is 0. The van der Waals surface area contributed by atoms with Gasteiger partial charge in [0.1, 0.15) is 6.10 Å².